The highest BCUT2D eigenvalue weighted by Crippen LogP contribution is 2.21. The third-order valence-corrected chi connectivity index (χ3v) is 4.94. The van der Waals surface area contributed by atoms with Crippen molar-refractivity contribution in [3.63, 3.8) is 0 Å². The number of carbonyl (C=O) groups is 1. The molecule has 0 spiro atoms. The van der Waals surface area contributed by atoms with Crippen LogP contribution in [0.3, 0.4) is 0 Å². The van der Waals surface area contributed by atoms with E-state index in [9.17, 15) is 17.6 Å². The van der Waals surface area contributed by atoms with E-state index in [1.807, 2.05) is 0 Å². The first kappa shape index (κ1) is 14.6. The van der Waals surface area contributed by atoms with Crippen LogP contribution in [0, 0.1) is 12.7 Å². The minimum atomic E-state index is -3.81. The summed E-state index contributed by atoms with van der Waals surface area (Å²) in [6.07, 6.45) is 0. The fraction of sp³-hybridized carbons (Fsp3) is 0.0833. The zero-order valence-electron chi connectivity index (χ0n) is 10.4. The number of nitrogens with two attached hydrogens (primary N) is 1. The maximum absolute atomic E-state index is 13.0. The SMILES string of the molecule is Cc1cc(F)ccc1NC(=O)c1csc(S(N)(=O)=O)c1. The van der Waals surface area contributed by atoms with Crippen LogP contribution >= 0.6 is 11.3 Å². The van der Waals surface area contributed by atoms with Crippen LogP contribution in [0.25, 0.3) is 0 Å². The Labute approximate surface area is 119 Å². The van der Waals surface area contributed by atoms with Crippen LogP contribution in [0.2, 0.25) is 0 Å². The summed E-state index contributed by atoms with van der Waals surface area (Å²) in [6, 6.07) is 5.16. The maximum Gasteiger partial charge on any atom is 0.256 e. The van der Waals surface area contributed by atoms with Crippen molar-refractivity contribution in [1.29, 1.82) is 0 Å². The number of sulfonamides is 1. The number of carbonyl (C=O) groups excluding carboxylic acids is 1. The number of benzene rings is 1. The summed E-state index contributed by atoms with van der Waals surface area (Å²) < 4.78 is 35.1. The van der Waals surface area contributed by atoms with Gasteiger partial charge in [-0.05, 0) is 36.8 Å². The third kappa shape index (κ3) is 3.21. The molecule has 2 aromatic rings. The van der Waals surface area contributed by atoms with Crippen LogP contribution in [0.5, 0.6) is 0 Å². The number of rotatable bonds is 3. The number of thiophene rings is 1. The second kappa shape index (κ2) is 5.31. The molecule has 1 aromatic carbocycles. The van der Waals surface area contributed by atoms with Gasteiger partial charge in [-0.3, -0.25) is 4.79 Å². The zero-order chi connectivity index (χ0) is 14.9. The Morgan fingerprint density at radius 1 is 1.35 bits per heavy atom. The highest BCUT2D eigenvalue weighted by molar-refractivity contribution is 7.91. The molecule has 0 atom stereocenters. The molecule has 20 heavy (non-hydrogen) atoms. The van der Waals surface area contributed by atoms with E-state index < -0.39 is 21.7 Å². The molecular formula is C12H11FN2O3S2. The summed E-state index contributed by atoms with van der Waals surface area (Å²) >= 11 is 0.868. The molecule has 0 aliphatic rings. The second-order valence-electron chi connectivity index (χ2n) is 4.11. The Bertz CT molecular complexity index is 769. The summed E-state index contributed by atoms with van der Waals surface area (Å²) in [7, 11) is -3.81. The minimum absolute atomic E-state index is 0.0847. The van der Waals surface area contributed by atoms with Gasteiger partial charge in [0.2, 0.25) is 10.0 Å². The number of amides is 1. The van der Waals surface area contributed by atoms with Crippen molar-refractivity contribution in [2.45, 2.75) is 11.1 Å². The largest absolute Gasteiger partial charge is 0.322 e. The smallest absolute Gasteiger partial charge is 0.256 e. The molecule has 1 aromatic heterocycles. The van der Waals surface area contributed by atoms with E-state index in [0.29, 0.717) is 11.3 Å². The van der Waals surface area contributed by atoms with Gasteiger partial charge in [-0.25, -0.2) is 17.9 Å². The van der Waals surface area contributed by atoms with Crippen LogP contribution in [-0.4, -0.2) is 14.3 Å². The van der Waals surface area contributed by atoms with Crippen LogP contribution in [0.15, 0.2) is 33.9 Å². The Hall–Kier alpha value is -1.77. The fourth-order valence-corrected chi connectivity index (χ4v) is 3.13. The summed E-state index contributed by atoms with van der Waals surface area (Å²) in [4.78, 5) is 12.0. The van der Waals surface area contributed by atoms with Gasteiger partial charge in [-0.1, -0.05) is 0 Å². The normalized spacial score (nSPS) is 11.3. The van der Waals surface area contributed by atoms with E-state index in [1.165, 1.54) is 29.6 Å². The van der Waals surface area contributed by atoms with E-state index in [2.05, 4.69) is 5.32 Å². The van der Waals surface area contributed by atoms with E-state index in [0.717, 1.165) is 11.3 Å². The van der Waals surface area contributed by atoms with Crippen molar-refractivity contribution in [3.8, 4) is 0 Å². The van der Waals surface area contributed by atoms with Gasteiger partial charge in [0.15, 0.2) is 0 Å². The van der Waals surface area contributed by atoms with Gasteiger partial charge >= 0.3 is 0 Å². The Kier molecular flexibility index (Phi) is 3.89. The number of halogens is 1. The van der Waals surface area contributed by atoms with E-state index >= 15 is 0 Å². The quantitative estimate of drug-likeness (QED) is 0.909. The molecule has 2 rings (SSSR count). The molecule has 1 heterocycles. The molecule has 0 saturated carbocycles. The van der Waals surface area contributed by atoms with Gasteiger partial charge < -0.3 is 5.32 Å². The Morgan fingerprint density at radius 2 is 2.05 bits per heavy atom. The van der Waals surface area contributed by atoms with Crippen molar-refractivity contribution >= 4 is 33.0 Å². The summed E-state index contributed by atoms with van der Waals surface area (Å²) in [5, 5.41) is 8.95. The fourth-order valence-electron chi connectivity index (χ4n) is 1.55. The van der Waals surface area contributed by atoms with Crippen molar-refractivity contribution in [3.05, 3.63) is 46.6 Å². The lowest BCUT2D eigenvalue weighted by molar-refractivity contribution is 0.102. The average Bonchev–Trinajstić information content (AvgIpc) is 2.82. The van der Waals surface area contributed by atoms with Crippen LogP contribution < -0.4 is 10.5 Å². The maximum atomic E-state index is 13.0. The molecule has 3 N–H and O–H groups in total. The van der Waals surface area contributed by atoms with Crippen LogP contribution in [0.1, 0.15) is 15.9 Å². The monoisotopic (exact) mass is 314 g/mol. The predicted molar refractivity (Wildman–Crippen MR) is 74.8 cm³/mol. The molecule has 0 saturated heterocycles. The lowest BCUT2D eigenvalue weighted by atomic mass is 10.2. The van der Waals surface area contributed by atoms with E-state index in [4.69, 9.17) is 5.14 Å². The van der Waals surface area contributed by atoms with Gasteiger partial charge in [0.25, 0.3) is 5.91 Å². The molecule has 1 amide bonds. The van der Waals surface area contributed by atoms with Gasteiger partial charge in [-0.15, -0.1) is 11.3 Å². The summed E-state index contributed by atoms with van der Waals surface area (Å²) in [5.41, 5.74) is 1.21. The molecule has 106 valence electrons. The van der Waals surface area contributed by atoms with Crippen molar-refractivity contribution < 1.29 is 17.6 Å². The Balaban J connectivity index is 2.22. The molecule has 0 aliphatic carbocycles. The molecular weight excluding hydrogens is 303 g/mol. The van der Waals surface area contributed by atoms with E-state index in [1.54, 1.807) is 6.92 Å². The third-order valence-electron chi connectivity index (χ3n) is 2.55. The second-order valence-corrected chi connectivity index (χ2v) is 6.81. The highest BCUT2D eigenvalue weighted by Gasteiger charge is 2.15. The van der Waals surface area contributed by atoms with Gasteiger partial charge in [0, 0.05) is 11.1 Å². The summed E-state index contributed by atoms with van der Waals surface area (Å²) in [6.45, 7) is 1.65. The number of hydrogen-bond donors (Lipinski definition) is 2. The van der Waals surface area contributed by atoms with Crippen molar-refractivity contribution in [2.75, 3.05) is 5.32 Å². The minimum Gasteiger partial charge on any atom is -0.322 e. The van der Waals surface area contributed by atoms with Gasteiger partial charge in [0.05, 0.1) is 5.56 Å². The average molecular weight is 314 g/mol. The molecule has 8 heteroatoms. The number of anilines is 1. The van der Waals surface area contributed by atoms with Crippen molar-refractivity contribution in [2.24, 2.45) is 5.14 Å². The molecule has 0 bridgehead atoms. The molecule has 0 aliphatic heterocycles. The van der Waals surface area contributed by atoms with Crippen LogP contribution in [-0.2, 0) is 10.0 Å². The first-order valence-electron chi connectivity index (χ1n) is 5.46. The van der Waals surface area contributed by atoms with E-state index in [-0.39, 0.29) is 9.77 Å². The number of nitrogens with one attached hydrogen (secondary N) is 1. The molecule has 5 nitrogen and oxygen atoms in total. The molecule has 0 unspecified atom stereocenters. The number of aryl methyl sites for hydroxylation is 1. The van der Waals surface area contributed by atoms with Gasteiger partial charge in [-0.2, -0.15) is 0 Å². The zero-order valence-corrected chi connectivity index (χ0v) is 12.0. The lowest BCUT2D eigenvalue weighted by Crippen LogP contribution is -2.13. The van der Waals surface area contributed by atoms with Gasteiger partial charge in [0.1, 0.15) is 10.0 Å². The lowest BCUT2D eigenvalue weighted by Gasteiger charge is -2.07. The Morgan fingerprint density at radius 3 is 2.60 bits per heavy atom. The topological polar surface area (TPSA) is 89.3 Å². The standard InChI is InChI=1S/C12H11FN2O3S2/c1-7-4-9(13)2-3-10(7)15-12(16)8-5-11(19-6-8)20(14,17)18/h2-6H,1H3,(H,15,16)(H2,14,17,18). The first-order chi connectivity index (χ1) is 9.27. The number of hydrogen-bond acceptors (Lipinski definition) is 4. The number of primary sulfonamides is 1. The summed E-state index contributed by atoms with van der Waals surface area (Å²) in [5.74, 6) is -0.876. The highest BCUT2D eigenvalue weighted by atomic mass is 32.2. The molecule has 0 fully saturated rings. The first-order valence-corrected chi connectivity index (χ1v) is 7.89. The van der Waals surface area contributed by atoms with Crippen LogP contribution in [0.4, 0.5) is 10.1 Å². The van der Waals surface area contributed by atoms with Crippen molar-refractivity contribution in [1.82, 2.24) is 0 Å². The molecule has 0 radical (unpaired) electrons. The predicted octanol–water partition coefficient (Wildman–Crippen LogP) is 2.10.